The van der Waals surface area contributed by atoms with Crippen molar-refractivity contribution in [3.8, 4) is 0 Å². The van der Waals surface area contributed by atoms with E-state index in [0.717, 1.165) is 6.42 Å². The molecular weight excluding hydrogens is 234 g/mol. The second kappa shape index (κ2) is 5.10. The normalized spacial score (nSPS) is 23.8. The number of aromatic carboxylic acids is 1. The minimum Gasteiger partial charge on any atom is -0.475 e. The minimum atomic E-state index is -1.06. The Labute approximate surface area is 106 Å². The average Bonchev–Trinajstić information content (AvgIpc) is 2.83. The first-order valence-corrected chi connectivity index (χ1v) is 6.33. The van der Waals surface area contributed by atoms with E-state index in [9.17, 15) is 4.79 Å². The number of carboxylic acid groups (broad SMARTS) is 1. The van der Waals surface area contributed by atoms with Crippen molar-refractivity contribution in [3.63, 3.8) is 0 Å². The summed E-state index contributed by atoms with van der Waals surface area (Å²) in [5.41, 5.74) is 0.523. The van der Waals surface area contributed by atoms with Crippen LogP contribution in [-0.4, -0.2) is 22.7 Å². The molecule has 5 heteroatoms. The summed E-state index contributed by atoms with van der Waals surface area (Å²) < 4.78 is 11.0. The van der Waals surface area contributed by atoms with Crippen LogP contribution in [-0.2, 0) is 11.2 Å². The summed E-state index contributed by atoms with van der Waals surface area (Å²) in [6.07, 6.45) is 1.35. The smallest absolute Gasteiger partial charge is 0.373 e. The molecule has 0 radical (unpaired) electrons. The number of aromatic nitrogens is 1. The average molecular weight is 253 g/mol. The number of carboxylic acids is 1. The summed E-state index contributed by atoms with van der Waals surface area (Å²) >= 11 is 0. The van der Waals surface area contributed by atoms with E-state index in [4.69, 9.17) is 14.3 Å². The first-order valence-electron chi connectivity index (χ1n) is 6.33. The fourth-order valence-corrected chi connectivity index (χ4v) is 2.20. The van der Waals surface area contributed by atoms with Crippen molar-refractivity contribution in [3.05, 3.63) is 17.3 Å². The van der Waals surface area contributed by atoms with Gasteiger partial charge in [0.2, 0.25) is 11.7 Å². The van der Waals surface area contributed by atoms with E-state index >= 15 is 0 Å². The lowest BCUT2D eigenvalue weighted by atomic mass is 10.0. The third-order valence-corrected chi connectivity index (χ3v) is 3.14. The summed E-state index contributed by atoms with van der Waals surface area (Å²) in [5, 5.41) is 9.13. The van der Waals surface area contributed by atoms with Gasteiger partial charge < -0.3 is 14.3 Å². The number of hydrogen-bond donors (Lipinski definition) is 1. The van der Waals surface area contributed by atoms with Crippen molar-refractivity contribution in [2.45, 2.75) is 39.7 Å². The first kappa shape index (κ1) is 13.1. The Morgan fingerprint density at radius 1 is 1.56 bits per heavy atom. The first-order chi connectivity index (χ1) is 8.49. The molecule has 1 saturated heterocycles. The van der Waals surface area contributed by atoms with Gasteiger partial charge in [-0.25, -0.2) is 9.78 Å². The number of rotatable bonds is 4. The quantitative estimate of drug-likeness (QED) is 0.893. The molecule has 0 bridgehead atoms. The Morgan fingerprint density at radius 3 is 2.78 bits per heavy atom. The van der Waals surface area contributed by atoms with E-state index < -0.39 is 5.97 Å². The molecule has 1 aliphatic heterocycles. The molecule has 1 fully saturated rings. The molecule has 2 unspecified atom stereocenters. The Hall–Kier alpha value is -1.36. The van der Waals surface area contributed by atoms with Gasteiger partial charge >= 0.3 is 5.97 Å². The maximum atomic E-state index is 11.1. The largest absolute Gasteiger partial charge is 0.475 e. The van der Waals surface area contributed by atoms with Crippen molar-refractivity contribution < 1.29 is 19.1 Å². The maximum Gasteiger partial charge on any atom is 0.373 e. The minimum absolute atomic E-state index is 0.0404. The van der Waals surface area contributed by atoms with Crippen LogP contribution in [0.15, 0.2) is 4.42 Å². The second-order valence-electron chi connectivity index (χ2n) is 5.29. The van der Waals surface area contributed by atoms with Crippen LogP contribution in [0, 0.1) is 11.8 Å². The van der Waals surface area contributed by atoms with E-state index in [1.54, 1.807) is 0 Å². The third kappa shape index (κ3) is 2.56. The monoisotopic (exact) mass is 253 g/mol. The van der Waals surface area contributed by atoms with Crippen LogP contribution in [0.2, 0.25) is 0 Å². The van der Waals surface area contributed by atoms with Gasteiger partial charge in [0.25, 0.3) is 0 Å². The topological polar surface area (TPSA) is 72.6 Å². The van der Waals surface area contributed by atoms with Crippen LogP contribution in [0.25, 0.3) is 0 Å². The Bertz CT molecular complexity index is 438. The zero-order chi connectivity index (χ0) is 13.3. The maximum absolute atomic E-state index is 11.1. The highest BCUT2D eigenvalue weighted by Gasteiger charge is 2.32. The Balaban J connectivity index is 2.29. The Kier molecular flexibility index (Phi) is 3.71. The lowest BCUT2D eigenvalue weighted by Crippen LogP contribution is -2.05. The number of nitrogens with zero attached hydrogens (tertiary/aromatic N) is 1. The van der Waals surface area contributed by atoms with Crippen LogP contribution >= 0.6 is 0 Å². The molecule has 100 valence electrons. The molecule has 5 nitrogen and oxygen atoms in total. The predicted molar refractivity (Wildman–Crippen MR) is 64.5 cm³/mol. The second-order valence-corrected chi connectivity index (χ2v) is 5.29. The number of ether oxygens (including phenoxy) is 1. The van der Waals surface area contributed by atoms with Crippen LogP contribution in [0.1, 0.15) is 55.4 Å². The van der Waals surface area contributed by atoms with Crippen molar-refractivity contribution >= 4 is 5.97 Å². The van der Waals surface area contributed by atoms with Crippen molar-refractivity contribution in [1.29, 1.82) is 0 Å². The SMILES string of the molecule is CC(C)Cc1nc(C2OCCC2C)oc1C(=O)O. The van der Waals surface area contributed by atoms with E-state index in [2.05, 4.69) is 11.9 Å². The van der Waals surface area contributed by atoms with Crippen molar-refractivity contribution in [2.24, 2.45) is 11.8 Å². The third-order valence-electron chi connectivity index (χ3n) is 3.14. The summed E-state index contributed by atoms with van der Waals surface area (Å²) in [7, 11) is 0. The highest BCUT2D eigenvalue weighted by Crippen LogP contribution is 2.34. The standard InChI is InChI=1S/C13H19NO4/c1-7(2)6-9-11(13(15)16)18-12(14-9)10-8(3)4-5-17-10/h7-8,10H,4-6H2,1-3H3,(H,15,16). The van der Waals surface area contributed by atoms with E-state index in [-0.39, 0.29) is 11.9 Å². The molecule has 18 heavy (non-hydrogen) atoms. The van der Waals surface area contributed by atoms with Crippen LogP contribution < -0.4 is 0 Å². The molecule has 0 aromatic carbocycles. The lowest BCUT2D eigenvalue weighted by molar-refractivity contribution is 0.0594. The molecule has 1 aromatic heterocycles. The summed E-state index contributed by atoms with van der Waals surface area (Å²) in [5.74, 6) is -0.0373. The van der Waals surface area contributed by atoms with Gasteiger partial charge in [0.05, 0.1) is 5.69 Å². The number of hydrogen-bond acceptors (Lipinski definition) is 4. The van der Waals surface area contributed by atoms with Crippen LogP contribution in [0.5, 0.6) is 0 Å². The number of carbonyl (C=O) groups is 1. The summed E-state index contributed by atoms with van der Waals surface area (Å²) in [4.78, 5) is 15.5. The fourth-order valence-electron chi connectivity index (χ4n) is 2.20. The summed E-state index contributed by atoms with van der Waals surface area (Å²) in [6, 6.07) is 0. The molecule has 0 aliphatic carbocycles. The molecule has 1 aliphatic rings. The van der Waals surface area contributed by atoms with Gasteiger partial charge in [0.15, 0.2) is 0 Å². The molecular formula is C13H19NO4. The molecule has 1 N–H and O–H groups in total. The predicted octanol–water partition coefficient (Wildman–Crippen LogP) is 2.67. The molecule has 0 amide bonds. The zero-order valence-corrected chi connectivity index (χ0v) is 11.0. The molecule has 2 heterocycles. The van der Waals surface area contributed by atoms with Gasteiger partial charge in [-0.1, -0.05) is 20.8 Å². The molecule has 1 aromatic rings. The highest BCUT2D eigenvalue weighted by molar-refractivity contribution is 5.85. The van der Waals surface area contributed by atoms with Crippen LogP contribution in [0.4, 0.5) is 0 Å². The van der Waals surface area contributed by atoms with Crippen molar-refractivity contribution in [2.75, 3.05) is 6.61 Å². The van der Waals surface area contributed by atoms with Gasteiger partial charge in [0.1, 0.15) is 6.10 Å². The van der Waals surface area contributed by atoms with Crippen molar-refractivity contribution in [1.82, 2.24) is 4.98 Å². The lowest BCUT2D eigenvalue weighted by Gasteiger charge is -2.09. The molecule has 2 atom stereocenters. The van der Waals surface area contributed by atoms with E-state index in [1.807, 2.05) is 13.8 Å². The number of oxazole rings is 1. The van der Waals surface area contributed by atoms with Gasteiger partial charge in [-0.2, -0.15) is 0 Å². The van der Waals surface area contributed by atoms with Crippen LogP contribution in [0.3, 0.4) is 0 Å². The Morgan fingerprint density at radius 2 is 2.28 bits per heavy atom. The van der Waals surface area contributed by atoms with Gasteiger partial charge in [-0.05, 0) is 24.7 Å². The summed E-state index contributed by atoms with van der Waals surface area (Å²) in [6.45, 7) is 6.78. The fraction of sp³-hybridized carbons (Fsp3) is 0.692. The zero-order valence-electron chi connectivity index (χ0n) is 11.0. The molecule has 2 rings (SSSR count). The molecule has 0 spiro atoms. The highest BCUT2D eigenvalue weighted by atomic mass is 16.5. The molecule has 0 saturated carbocycles. The van der Waals surface area contributed by atoms with Gasteiger partial charge in [0, 0.05) is 6.61 Å². The van der Waals surface area contributed by atoms with Gasteiger partial charge in [-0.3, -0.25) is 0 Å². The van der Waals surface area contributed by atoms with Gasteiger partial charge in [-0.15, -0.1) is 0 Å². The van der Waals surface area contributed by atoms with E-state index in [1.165, 1.54) is 0 Å². The van der Waals surface area contributed by atoms with E-state index in [0.29, 0.717) is 36.4 Å².